The second-order valence-electron chi connectivity index (χ2n) is 6.85. The third-order valence-corrected chi connectivity index (χ3v) is 4.86. The maximum atomic E-state index is 13.0. The molecular weight excluding hydrogens is 366 g/mol. The van der Waals surface area contributed by atoms with Crippen LogP contribution in [0.1, 0.15) is 22.9 Å². The minimum absolute atomic E-state index is 0.129. The Balaban J connectivity index is 1.59. The Kier molecular flexibility index (Phi) is 5.56. The second-order valence-corrected chi connectivity index (χ2v) is 6.85. The van der Waals surface area contributed by atoms with E-state index in [9.17, 15) is 9.59 Å². The van der Waals surface area contributed by atoms with Crippen molar-refractivity contribution in [3.63, 3.8) is 0 Å². The van der Waals surface area contributed by atoms with Crippen LogP contribution in [0.3, 0.4) is 0 Å². The fraction of sp³-hybridized carbons (Fsp3) is 0.167. The maximum Gasteiger partial charge on any atom is 0.414 e. The summed E-state index contributed by atoms with van der Waals surface area (Å²) in [5.41, 5.74) is 2.56. The van der Waals surface area contributed by atoms with Crippen LogP contribution in [0.5, 0.6) is 0 Å². The Morgan fingerprint density at radius 1 is 0.828 bits per heavy atom. The van der Waals surface area contributed by atoms with Crippen LogP contribution in [0.25, 0.3) is 0 Å². The van der Waals surface area contributed by atoms with Crippen LogP contribution in [0, 0.1) is 0 Å². The van der Waals surface area contributed by atoms with E-state index in [1.807, 2.05) is 91.0 Å². The summed E-state index contributed by atoms with van der Waals surface area (Å²) in [6.07, 6.45) is -1.01. The summed E-state index contributed by atoms with van der Waals surface area (Å²) in [6.45, 7) is 0.129. The number of benzene rings is 3. The van der Waals surface area contributed by atoms with Gasteiger partial charge >= 0.3 is 12.1 Å². The normalized spacial score (nSPS) is 18.3. The number of cyclic esters (lactones) is 1. The average Bonchev–Trinajstić information content (AvgIpc) is 3.10. The summed E-state index contributed by atoms with van der Waals surface area (Å²) in [7, 11) is 0. The van der Waals surface area contributed by atoms with Crippen LogP contribution in [-0.2, 0) is 27.3 Å². The standard InChI is InChI=1S/C24H21NO4/c26-23-21(16-18-10-4-1-5-11-18)25(22(29-23)20-14-8-3-9-15-20)24(27)28-17-19-12-6-2-7-13-19/h1-15,21-22H,16-17H2. The van der Waals surface area contributed by atoms with Crippen molar-refractivity contribution in [1.82, 2.24) is 4.90 Å². The summed E-state index contributed by atoms with van der Waals surface area (Å²) in [6, 6.07) is 27.5. The molecule has 0 spiro atoms. The minimum Gasteiger partial charge on any atom is -0.444 e. The van der Waals surface area contributed by atoms with E-state index in [2.05, 4.69) is 0 Å². The lowest BCUT2D eigenvalue weighted by molar-refractivity contribution is -0.142. The third-order valence-electron chi connectivity index (χ3n) is 4.86. The molecule has 5 heteroatoms. The van der Waals surface area contributed by atoms with Gasteiger partial charge in [-0.2, -0.15) is 0 Å². The molecule has 1 saturated heterocycles. The Hall–Kier alpha value is -3.60. The molecule has 2 unspecified atom stereocenters. The van der Waals surface area contributed by atoms with Crippen LogP contribution in [0.15, 0.2) is 91.0 Å². The van der Waals surface area contributed by atoms with E-state index in [4.69, 9.17) is 9.47 Å². The molecule has 1 aliphatic heterocycles. The number of hydrogen-bond donors (Lipinski definition) is 0. The van der Waals surface area contributed by atoms with Crippen LogP contribution in [-0.4, -0.2) is 23.0 Å². The highest BCUT2D eigenvalue weighted by Crippen LogP contribution is 2.34. The summed E-state index contributed by atoms with van der Waals surface area (Å²) < 4.78 is 11.1. The zero-order valence-corrected chi connectivity index (χ0v) is 15.8. The summed E-state index contributed by atoms with van der Waals surface area (Å²) in [5.74, 6) is -0.431. The Morgan fingerprint density at radius 2 is 1.38 bits per heavy atom. The lowest BCUT2D eigenvalue weighted by atomic mass is 10.1. The highest BCUT2D eigenvalue weighted by atomic mass is 16.6. The first-order valence-electron chi connectivity index (χ1n) is 9.51. The molecule has 0 N–H and O–H groups in total. The number of amides is 1. The van der Waals surface area contributed by atoms with E-state index in [0.717, 1.165) is 16.7 Å². The lowest BCUT2D eigenvalue weighted by Gasteiger charge is -2.25. The van der Waals surface area contributed by atoms with Gasteiger partial charge < -0.3 is 9.47 Å². The number of carbonyl (C=O) groups excluding carboxylic acids is 2. The van der Waals surface area contributed by atoms with E-state index in [1.54, 1.807) is 0 Å². The highest BCUT2D eigenvalue weighted by Gasteiger charge is 2.46. The molecule has 0 aromatic heterocycles. The summed E-state index contributed by atoms with van der Waals surface area (Å²) in [5, 5.41) is 0. The number of nitrogens with zero attached hydrogens (tertiary/aromatic N) is 1. The van der Waals surface area contributed by atoms with Gasteiger partial charge in [0.05, 0.1) is 0 Å². The first-order chi connectivity index (χ1) is 14.2. The fourth-order valence-electron chi connectivity index (χ4n) is 3.40. The first kappa shape index (κ1) is 18.7. The average molecular weight is 387 g/mol. The number of carbonyl (C=O) groups is 2. The minimum atomic E-state index is -0.805. The summed E-state index contributed by atoms with van der Waals surface area (Å²) >= 11 is 0. The zero-order chi connectivity index (χ0) is 20.1. The smallest absolute Gasteiger partial charge is 0.414 e. The van der Waals surface area contributed by atoms with Crippen molar-refractivity contribution >= 4 is 12.1 Å². The Morgan fingerprint density at radius 3 is 2.00 bits per heavy atom. The van der Waals surface area contributed by atoms with Gasteiger partial charge in [0.25, 0.3) is 0 Å². The van der Waals surface area contributed by atoms with Crippen molar-refractivity contribution in [3.8, 4) is 0 Å². The van der Waals surface area contributed by atoms with E-state index in [-0.39, 0.29) is 6.61 Å². The molecule has 4 rings (SSSR count). The molecule has 1 heterocycles. The highest BCUT2D eigenvalue weighted by molar-refractivity contribution is 5.85. The van der Waals surface area contributed by atoms with Crippen molar-refractivity contribution < 1.29 is 19.1 Å². The maximum absolute atomic E-state index is 13.0. The van der Waals surface area contributed by atoms with Crippen molar-refractivity contribution in [3.05, 3.63) is 108 Å². The fourth-order valence-corrected chi connectivity index (χ4v) is 3.40. The van der Waals surface area contributed by atoms with Gasteiger partial charge in [0.1, 0.15) is 12.6 Å². The van der Waals surface area contributed by atoms with Crippen molar-refractivity contribution in [2.24, 2.45) is 0 Å². The van der Waals surface area contributed by atoms with Crippen molar-refractivity contribution in [2.45, 2.75) is 25.3 Å². The van der Waals surface area contributed by atoms with Crippen LogP contribution >= 0.6 is 0 Å². The predicted molar refractivity (Wildman–Crippen MR) is 108 cm³/mol. The SMILES string of the molecule is O=C1OC(c2ccccc2)N(C(=O)OCc2ccccc2)C1Cc1ccccc1. The number of rotatable bonds is 5. The second kappa shape index (κ2) is 8.61. The number of esters is 1. The molecule has 2 atom stereocenters. The van der Waals surface area contributed by atoms with Crippen LogP contribution in [0.4, 0.5) is 4.79 Å². The largest absolute Gasteiger partial charge is 0.444 e. The van der Waals surface area contributed by atoms with Gasteiger partial charge in [-0.15, -0.1) is 0 Å². The van der Waals surface area contributed by atoms with E-state index >= 15 is 0 Å². The predicted octanol–water partition coefficient (Wildman–Crippen LogP) is 4.49. The Labute approximate surface area is 169 Å². The van der Waals surface area contributed by atoms with Crippen molar-refractivity contribution in [2.75, 3.05) is 0 Å². The Bertz CT molecular complexity index is 960. The number of hydrogen-bond acceptors (Lipinski definition) is 4. The molecule has 0 saturated carbocycles. The van der Waals surface area contributed by atoms with E-state index in [1.165, 1.54) is 4.90 Å². The van der Waals surface area contributed by atoms with Gasteiger partial charge in [0.2, 0.25) is 6.23 Å². The first-order valence-corrected chi connectivity index (χ1v) is 9.51. The van der Waals surface area contributed by atoms with Crippen molar-refractivity contribution in [1.29, 1.82) is 0 Å². The molecular formula is C24H21NO4. The molecule has 1 aliphatic rings. The molecule has 0 aliphatic carbocycles. The van der Waals surface area contributed by atoms with Gasteiger partial charge in [0, 0.05) is 12.0 Å². The molecule has 5 nitrogen and oxygen atoms in total. The zero-order valence-electron chi connectivity index (χ0n) is 15.8. The van der Waals surface area contributed by atoms with Gasteiger partial charge in [-0.1, -0.05) is 91.0 Å². The number of ether oxygens (including phenoxy) is 2. The van der Waals surface area contributed by atoms with E-state index in [0.29, 0.717) is 6.42 Å². The molecule has 3 aromatic rings. The van der Waals surface area contributed by atoms with Crippen LogP contribution in [0.2, 0.25) is 0 Å². The molecule has 0 radical (unpaired) electrons. The van der Waals surface area contributed by atoms with Gasteiger partial charge in [-0.25, -0.2) is 9.59 Å². The molecule has 0 bridgehead atoms. The third kappa shape index (κ3) is 4.29. The van der Waals surface area contributed by atoms with Gasteiger partial charge in [-0.3, -0.25) is 4.90 Å². The molecule has 146 valence electrons. The summed E-state index contributed by atoms with van der Waals surface area (Å²) in [4.78, 5) is 27.1. The lowest BCUT2D eigenvalue weighted by Crippen LogP contribution is -2.41. The molecule has 29 heavy (non-hydrogen) atoms. The van der Waals surface area contributed by atoms with Crippen LogP contribution < -0.4 is 0 Å². The molecule has 1 amide bonds. The molecule has 1 fully saturated rings. The quantitative estimate of drug-likeness (QED) is 0.605. The topological polar surface area (TPSA) is 55.8 Å². The molecule has 3 aromatic carbocycles. The van der Waals surface area contributed by atoms with Gasteiger partial charge in [0.15, 0.2) is 0 Å². The van der Waals surface area contributed by atoms with Gasteiger partial charge in [-0.05, 0) is 11.1 Å². The van der Waals surface area contributed by atoms with E-state index < -0.39 is 24.3 Å². The monoisotopic (exact) mass is 387 g/mol.